The Bertz CT molecular complexity index is 1400. The highest BCUT2D eigenvalue weighted by molar-refractivity contribution is 6.28. The molecule has 5 atom stereocenters. The predicted molar refractivity (Wildman–Crippen MR) is 136 cm³/mol. The van der Waals surface area contributed by atoms with E-state index >= 15 is 0 Å². The van der Waals surface area contributed by atoms with Crippen LogP contribution in [0.1, 0.15) is 65.1 Å². The van der Waals surface area contributed by atoms with Crippen LogP contribution in [0, 0.1) is 0 Å². The average Bonchev–Trinajstić information content (AvgIpc) is 2.91. The fraction of sp³-hybridized carbons (Fsp3) is 0.379. The highest BCUT2D eigenvalue weighted by atomic mass is 16.7. The van der Waals surface area contributed by atoms with Gasteiger partial charge in [0, 0.05) is 49.9 Å². The van der Waals surface area contributed by atoms with Gasteiger partial charge in [0.15, 0.2) is 36.2 Å². The van der Waals surface area contributed by atoms with Gasteiger partial charge in [0.2, 0.25) is 0 Å². The number of hydrogen-bond donors (Lipinski definition) is 0. The van der Waals surface area contributed by atoms with Crippen molar-refractivity contribution in [1.82, 2.24) is 0 Å². The van der Waals surface area contributed by atoms with E-state index in [1.807, 2.05) is 0 Å². The van der Waals surface area contributed by atoms with Crippen molar-refractivity contribution in [2.24, 2.45) is 0 Å². The van der Waals surface area contributed by atoms with Gasteiger partial charge in [-0.1, -0.05) is 30.3 Å². The molecule has 0 bridgehead atoms. The van der Waals surface area contributed by atoms with E-state index in [1.165, 1.54) is 19.1 Å². The van der Waals surface area contributed by atoms with Crippen molar-refractivity contribution in [2.75, 3.05) is 6.61 Å². The number of hydrogen-bond acceptors (Lipinski definition) is 12. The molecule has 0 saturated carbocycles. The summed E-state index contributed by atoms with van der Waals surface area (Å²) in [4.78, 5) is 73.4. The van der Waals surface area contributed by atoms with Crippen LogP contribution in [0.5, 0.6) is 0 Å². The maximum absolute atomic E-state index is 13.1. The molecule has 1 aliphatic carbocycles. The smallest absolute Gasteiger partial charge is 0.303 e. The fourth-order valence-corrected chi connectivity index (χ4v) is 4.74. The summed E-state index contributed by atoms with van der Waals surface area (Å²) in [6.45, 7) is 3.95. The van der Waals surface area contributed by atoms with E-state index in [-0.39, 0.29) is 29.3 Å². The van der Waals surface area contributed by atoms with Crippen LogP contribution in [0.25, 0.3) is 0 Å². The molecule has 2 aromatic carbocycles. The second-order valence-electron chi connectivity index (χ2n) is 9.46. The zero-order chi connectivity index (χ0) is 29.8. The monoisotopic (exact) mass is 568 g/mol. The molecule has 2 aliphatic rings. The van der Waals surface area contributed by atoms with Crippen LogP contribution in [0.15, 0.2) is 42.5 Å². The Kier molecular flexibility index (Phi) is 8.94. The van der Waals surface area contributed by atoms with Gasteiger partial charge >= 0.3 is 23.9 Å². The molecule has 12 nitrogen and oxygen atoms in total. The lowest BCUT2D eigenvalue weighted by atomic mass is 9.83. The van der Waals surface area contributed by atoms with Crippen LogP contribution >= 0.6 is 0 Å². The van der Waals surface area contributed by atoms with Crippen molar-refractivity contribution >= 4 is 35.4 Å². The van der Waals surface area contributed by atoms with E-state index in [2.05, 4.69) is 0 Å². The van der Waals surface area contributed by atoms with Gasteiger partial charge in [-0.3, -0.25) is 28.8 Å². The Hall–Kier alpha value is -4.42. The first-order valence-electron chi connectivity index (χ1n) is 12.7. The minimum atomic E-state index is -1.39. The van der Waals surface area contributed by atoms with E-state index in [9.17, 15) is 28.8 Å². The summed E-state index contributed by atoms with van der Waals surface area (Å²) >= 11 is 0. The number of ether oxygens (including phenoxy) is 6. The van der Waals surface area contributed by atoms with Crippen molar-refractivity contribution < 1.29 is 57.2 Å². The number of fused-ring (bicyclic) bond motifs is 2. The van der Waals surface area contributed by atoms with Crippen molar-refractivity contribution in [3.8, 4) is 0 Å². The Morgan fingerprint density at radius 1 is 0.683 bits per heavy atom. The molecule has 1 fully saturated rings. The minimum Gasteiger partial charge on any atom is -0.463 e. The van der Waals surface area contributed by atoms with Crippen LogP contribution in [0.3, 0.4) is 0 Å². The lowest BCUT2D eigenvalue weighted by Gasteiger charge is -2.44. The van der Waals surface area contributed by atoms with E-state index in [1.54, 1.807) is 30.3 Å². The molecule has 0 spiro atoms. The summed E-state index contributed by atoms with van der Waals surface area (Å²) in [5, 5.41) is 0. The molecule has 0 N–H and O–H groups in total. The topological polar surface area (TPSA) is 158 Å². The molecule has 12 heteroatoms. The first kappa shape index (κ1) is 29.6. The Labute approximate surface area is 234 Å². The normalized spacial score (nSPS) is 23.1. The maximum Gasteiger partial charge on any atom is 0.303 e. The third-order valence-corrected chi connectivity index (χ3v) is 6.35. The largest absolute Gasteiger partial charge is 0.463 e. The molecule has 1 aliphatic heterocycles. The summed E-state index contributed by atoms with van der Waals surface area (Å²) in [5.41, 5.74) is 1.56. The highest BCUT2D eigenvalue weighted by Crippen LogP contribution is 2.32. The van der Waals surface area contributed by atoms with Crippen LogP contribution in [-0.4, -0.2) is 72.8 Å². The van der Waals surface area contributed by atoms with Gasteiger partial charge in [0.05, 0.1) is 6.61 Å². The van der Waals surface area contributed by atoms with Crippen molar-refractivity contribution in [2.45, 2.75) is 65.0 Å². The molecule has 216 valence electrons. The standard InChI is InChI=1S/C29H28O12/c1-14(30)36-13-23-26(38-15(2)31)27(39-16(3)32)28(40-17(4)33)29(41-23)37-12-18-9-10-21-22(11-18)25(35)20-8-6-5-7-19(20)24(21)34/h5-11,23,26-29H,12-13H2,1-4H3/t23-,26-,27+,28-,29-/m1/s1. The Morgan fingerprint density at radius 3 is 1.80 bits per heavy atom. The summed E-state index contributed by atoms with van der Waals surface area (Å²) in [6, 6.07) is 11.2. The molecular weight excluding hydrogens is 540 g/mol. The van der Waals surface area contributed by atoms with Crippen molar-refractivity contribution in [3.63, 3.8) is 0 Å². The molecule has 0 amide bonds. The van der Waals surface area contributed by atoms with Crippen LogP contribution < -0.4 is 0 Å². The van der Waals surface area contributed by atoms with Crippen molar-refractivity contribution in [1.29, 1.82) is 0 Å². The predicted octanol–water partition coefficient (Wildman–Crippen LogP) is 2.06. The zero-order valence-electron chi connectivity index (χ0n) is 22.7. The number of carbonyl (C=O) groups excluding carboxylic acids is 6. The van der Waals surface area contributed by atoms with Gasteiger partial charge in [0.25, 0.3) is 0 Å². The summed E-state index contributed by atoms with van der Waals surface area (Å²) < 4.78 is 33.0. The van der Waals surface area contributed by atoms with Gasteiger partial charge in [0.1, 0.15) is 12.7 Å². The first-order chi connectivity index (χ1) is 19.5. The number of esters is 4. The molecule has 1 heterocycles. The molecule has 0 unspecified atom stereocenters. The zero-order valence-corrected chi connectivity index (χ0v) is 22.7. The lowest BCUT2D eigenvalue weighted by Crippen LogP contribution is -2.62. The minimum absolute atomic E-state index is 0.190. The average molecular weight is 569 g/mol. The molecule has 1 saturated heterocycles. The van der Waals surface area contributed by atoms with Gasteiger partial charge < -0.3 is 28.4 Å². The third-order valence-electron chi connectivity index (χ3n) is 6.35. The van der Waals surface area contributed by atoms with Crippen LogP contribution in [0.4, 0.5) is 0 Å². The quantitative estimate of drug-likeness (QED) is 0.288. The molecule has 2 aromatic rings. The van der Waals surface area contributed by atoms with Gasteiger partial charge in [-0.2, -0.15) is 0 Å². The summed E-state index contributed by atoms with van der Waals surface area (Å²) in [6.07, 6.45) is -6.62. The Morgan fingerprint density at radius 2 is 1.22 bits per heavy atom. The molecule has 4 rings (SSSR count). The second kappa shape index (κ2) is 12.4. The summed E-state index contributed by atoms with van der Waals surface area (Å²) in [7, 11) is 0. The number of carbonyl (C=O) groups is 6. The lowest BCUT2D eigenvalue weighted by molar-refractivity contribution is -0.310. The van der Waals surface area contributed by atoms with Gasteiger partial charge in [-0.15, -0.1) is 0 Å². The van der Waals surface area contributed by atoms with E-state index in [4.69, 9.17) is 28.4 Å². The third kappa shape index (κ3) is 6.67. The van der Waals surface area contributed by atoms with E-state index in [0.717, 1.165) is 20.8 Å². The molecule has 0 radical (unpaired) electrons. The second-order valence-corrected chi connectivity index (χ2v) is 9.46. The number of benzene rings is 2. The van der Waals surface area contributed by atoms with Crippen molar-refractivity contribution in [3.05, 3.63) is 70.3 Å². The Balaban J connectivity index is 1.62. The number of ketones is 2. The van der Waals surface area contributed by atoms with E-state index < -0.39 is 61.2 Å². The SMILES string of the molecule is CC(=O)OC[C@H]1O[C@@H](OCc2ccc3c(c2)C(=O)c2ccccc2C3=O)[C@H](OC(C)=O)[C@@H](OC(C)=O)[C@@H]1OC(C)=O. The fourth-order valence-electron chi connectivity index (χ4n) is 4.74. The highest BCUT2D eigenvalue weighted by Gasteiger charge is 2.52. The van der Waals surface area contributed by atoms with Gasteiger partial charge in [-0.25, -0.2) is 0 Å². The molecule has 0 aromatic heterocycles. The van der Waals surface area contributed by atoms with E-state index in [0.29, 0.717) is 16.7 Å². The number of rotatable bonds is 8. The van der Waals surface area contributed by atoms with Crippen LogP contribution in [-0.2, 0) is 54.2 Å². The summed E-state index contributed by atoms with van der Waals surface area (Å²) in [5.74, 6) is -3.52. The maximum atomic E-state index is 13.1. The van der Waals surface area contributed by atoms with Gasteiger partial charge in [-0.05, 0) is 17.7 Å². The molecule has 41 heavy (non-hydrogen) atoms. The molecular formula is C29H28O12. The first-order valence-corrected chi connectivity index (χ1v) is 12.7. The van der Waals surface area contributed by atoms with Crippen LogP contribution in [0.2, 0.25) is 0 Å².